The predicted octanol–water partition coefficient (Wildman–Crippen LogP) is 4.10. The van der Waals surface area contributed by atoms with E-state index in [9.17, 15) is 26.4 Å². The molecule has 284 valence electrons. The molecule has 2 aromatic rings. The fourth-order valence-corrected chi connectivity index (χ4v) is 7.78. The van der Waals surface area contributed by atoms with Crippen LogP contribution in [0.5, 0.6) is 11.5 Å². The Balaban J connectivity index is 0.000000506. The van der Waals surface area contributed by atoms with Crippen molar-refractivity contribution in [1.29, 1.82) is 0 Å². The monoisotopic (exact) mass is 746 g/mol. The molecule has 2 rings (SSSR count). The third-order valence-electron chi connectivity index (χ3n) is 7.31. The summed E-state index contributed by atoms with van der Waals surface area (Å²) in [4.78, 5) is 23.1. The molecule has 0 spiro atoms. The lowest BCUT2D eigenvalue weighted by atomic mass is 10.1. The van der Waals surface area contributed by atoms with E-state index >= 15 is 0 Å². The van der Waals surface area contributed by atoms with Crippen molar-refractivity contribution in [3.63, 3.8) is 0 Å². The molecule has 0 aliphatic heterocycles. The van der Waals surface area contributed by atoms with Crippen LogP contribution in [0.4, 0.5) is 0 Å². The van der Waals surface area contributed by atoms with Crippen LogP contribution in [-0.2, 0) is 43.8 Å². The summed E-state index contributed by atoms with van der Waals surface area (Å²) in [5, 5.41) is 8.74. The molecule has 50 heavy (non-hydrogen) atoms. The number of carbonyl (C=O) groups is 2. The molecule has 0 saturated heterocycles. The number of nitrogens with zero attached hydrogens (tertiary/aromatic N) is 2. The molecule has 14 nitrogen and oxygen atoms in total. The Morgan fingerprint density at radius 1 is 0.700 bits per heavy atom. The number of esters is 1. The van der Waals surface area contributed by atoms with Crippen LogP contribution in [0.15, 0.2) is 34.1 Å². The highest BCUT2D eigenvalue weighted by Gasteiger charge is 2.28. The van der Waals surface area contributed by atoms with Gasteiger partial charge in [0, 0.05) is 27.2 Å². The lowest BCUT2D eigenvalue weighted by Crippen LogP contribution is -2.35. The highest BCUT2D eigenvalue weighted by atomic mass is 32.2. The lowest BCUT2D eigenvalue weighted by molar-refractivity contribution is -0.167. The minimum atomic E-state index is -3.69. The van der Waals surface area contributed by atoms with Gasteiger partial charge in [0.25, 0.3) is 0 Å². The molecule has 0 aliphatic rings. The standard InChI is InChI=1S/C19H31NO6S.C15H23NO6S/c1-13-11-16(24-8)12-14(2)17(13)27(22,23)20(7)9-10-25-15(3)18(21)26-19(4,5)6;1-10-8-13(21-5)9-11(2)14(10)23(19,20)16(4)6-7-22-12(3)15(17)18/h11-12,15H,9-10H2,1-8H3;8-9,12H,6-7H2,1-5H3,(H,17,18). The van der Waals surface area contributed by atoms with Crippen molar-refractivity contribution in [2.24, 2.45) is 0 Å². The number of benzene rings is 2. The Morgan fingerprint density at radius 3 is 1.30 bits per heavy atom. The SMILES string of the molecule is COc1cc(C)c(S(=O)(=O)N(C)CCOC(C)C(=O)O)c(C)c1.COc1cc(C)c(S(=O)(=O)N(C)CCOC(C)C(=O)OC(C)(C)C)c(C)c1. The van der Waals surface area contributed by atoms with E-state index in [1.165, 1.54) is 39.5 Å². The molecule has 0 saturated carbocycles. The van der Waals surface area contributed by atoms with Gasteiger partial charge in [0.05, 0.1) is 37.2 Å². The average Bonchev–Trinajstić information content (AvgIpc) is 2.98. The zero-order valence-electron chi connectivity index (χ0n) is 31.4. The molecule has 2 aromatic carbocycles. The molecule has 0 amide bonds. The van der Waals surface area contributed by atoms with Crippen LogP contribution in [0, 0.1) is 27.7 Å². The highest BCUT2D eigenvalue weighted by Crippen LogP contribution is 2.29. The fraction of sp³-hybridized carbons (Fsp3) is 0.588. The summed E-state index contributed by atoms with van der Waals surface area (Å²) in [5.41, 5.74) is 1.81. The van der Waals surface area contributed by atoms with Crippen LogP contribution < -0.4 is 9.47 Å². The molecule has 0 aliphatic carbocycles. The van der Waals surface area contributed by atoms with Crippen molar-refractivity contribution in [3.8, 4) is 11.5 Å². The van der Waals surface area contributed by atoms with E-state index in [-0.39, 0.29) is 36.1 Å². The predicted molar refractivity (Wildman–Crippen MR) is 189 cm³/mol. The van der Waals surface area contributed by atoms with Gasteiger partial charge < -0.3 is 28.8 Å². The maximum Gasteiger partial charge on any atom is 0.335 e. The Bertz CT molecular complexity index is 1640. The van der Waals surface area contributed by atoms with E-state index in [0.717, 1.165) is 4.31 Å². The average molecular weight is 747 g/mol. The number of ether oxygens (including phenoxy) is 5. The minimum Gasteiger partial charge on any atom is -0.497 e. The number of hydrogen-bond donors (Lipinski definition) is 1. The Labute approximate surface area is 297 Å². The summed E-state index contributed by atoms with van der Waals surface area (Å²) in [6.07, 6.45) is -1.75. The lowest BCUT2D eigenvalue weighted by Gasteiger charge is -2.23. The molecule has 1 N–H and O–H groups in total. The molecular formula is C34H54N2O12S2. The second-order valence-electron chi connectivity index (χ2n) is 12.7. The number of carboxylic acid groups (broad SMARTS) is 1. The van der Waals surface area contributed by atoms with E-state index in [4.69, 9.17) is 28.8 Å². The first-order valence-electron chi connectivity index (χ1n) is 15.8. The molecule has 16 heteroatoms. The van der Waals surface area contributed by atoms with Crippen molar-refractivity contribution in [3.05, 3.63) is 46.5 Å². The Hall–Kier alpha value is -3.28. The van der Waals surface area contributed by atoms with Gasteiger partial charge in [-0.1, -0.05) is 0 Å². The van der Waals surface area contributed by atoms with Gasteiger partial charge in [-0.25, -0.2) is 26.4 Å². The first-order valence-corrected chi connectivity index (χ1v) is 18.7. The topological polar surface area (TPSA) is 175 Å². The van der Waals surface area contributed by atoms with Gasteiger partial charge in [0.1, 0.15) is 17.1 Å². The first kappa shape index (κ1) is 44.7. The van der Waals surface area contributed by atoms with Gasteiger partial charge in [0.15, 0.2) is 12.2 Å². The van der Waals surface area contributed by atoms with Crippen molar-refractivity contribution < 1.29 is 55.2 Å². The smallest absolute Gasteiger partial charge is 0.335 e. The fourth-order valence-electron chi connectivity index (χ4n) is 4.66. The number of carbonyl (C=O) groups excluding carboxylic acids is 1. The van der Waals surface area contributed by atoms with Crippen molar-refractivity contribution in [2.75, 3.05) is 54.6 Å². The number of hydrogen-bond acceptors (Lipinski definition) is 11. The number of sulfonamides is 2. The van der Waals surface area contributed by atoms with Crippen molar-refractivity contribution >= 4 is 32.0 Å². The summed E-state index contributed by atoms with van der Waals surface area (Å²) < 4.78 is 79.7. The van der Waals surface area contributed by atoms with E-state index in [1.54, 1.807) is 79.7 Å². The zero-order valence-corrected chi connectivity index (χ0v) is 33.1. The molecular weight excluding hydrogens is 693 g/mol. The summed E-state index contributed by atoms with van der Waals surface area (Å²) in [6, 6.07) is 6.71. The largest absolute Gasteiger partial charge is 0.497 e. The second kappa shape index (κ2) is 18.8. The van der Waals surface area contributed by atoms with Gasteiger partial charge >= 0.3 is 11.9 Å². The van der Waals surface area contributed by atoms with Gasteiger partial charge in [-0.3, -0.25) is 0 Å². The summed E-state index contributed by atoms with van der Waals surface area (Å²) in [5.74, 6) is -0.353. The summed E-state index contributed by atoms with van der Waals surface area (Å²) in [7, 11) is -1.40. The highest BCUT2D eigenvalue weighted by molar-refractivity contribution is 7.89. The van der Waals surface area contributed by atoms with Gasteiger partial charge in [-0.2, -0.15) is 8.61 Å². The first-order chi connectivity index (χ1) is 22.9. The van der Waals surface area contributed by atoms with E-state index in [0.29, 0.717) is 33.8 Å². The van der Waals surface area contributed by atoms with Gasteiger partial charge in [-0.05, 0) is 109 Å². The quantitative estimate of drug-likeness (QED) is 0.244. The molecule has 0 bridgehead atoms. The van der Waals surface area contributed by atoms with Crippen LogP contribution >= 0.6 is 0 Å². The third-order valence-corrected chi connectivity index (χ3v) is 11.6. The van der Waals surface area contributed by atoms with E-state index in [2.05, 4.69) is 0 Å². The number of rotatable bonds is 16. The van der Waals surface area contributed by atoms with Gasteiger partial charge in [-0.15, -0.1) is 0 Å². The summed E-state index contributed by atoms with van der Waals surface area (Å²) >= 11 is 0. The Kier molecular flexibility index (Phi) is 16.8. The van der Waals surface area contributed by atoms with E-state index < -0.39 is 49.8 Å². The zero-order chi connectivity index (χ0) is 38.8. The van der Waals surface area contributed by atoms with Crippen LogP contribution in [0.25, 0.3) is 0 Å². The van der Waals surface area contributed by atoms with Crippen LogP contribution in [0.3, 0.4) is 0 Å². The molecule has 2 unspecified atom stereocenters. The number of aryl methyl sites for hydroxylation is 4. The van der Waals surface area contributed by atoms with Crippen LogP contribution in [0.1, 0.15) is 56.9 Å². The molecule has 0 aromatic heterocycles. The molecule has 0 heterocycles. The molecule has 0 radical (unpaired) electrons. The van der Waals surface area contributed by atoms with Crippen molar-refractivity contribution in [1.82, 2.24) is 8.61 Å². The number of likely N-dealkylation sites (N-methyl/N-ethyl adjacent to an activating group) is 2. The maximum absolute atomic E-state index is 12.9. The van der Waals surface area contributed by atoms with Gasteiger partial charge in [0.2, 0.25) is 20.0 Å². The van der Waals surface area contributed by atoms with Crippen LogP contribution in [-0.4, -0.2) is 115 Å². The van der Waals surface area contributed by atoms with Crippen LogP contribution in [0.2, 0.25) is 0 Å². The normalized spacial score (nSPS) is 13.3. The maximum atomic E-state index is 12.9. The molecule has 0 fully saturated rings. The second-order valence-corrected chi connectivity index (χ2v) is 16.7. The molecule has 2 atom stereocenters. The number of carboxylic acids is 1. The van der Waals surface area contributed by atoms with Crippen molar-refractivity contribution in [2.45, 2.75) is 89.9 Å². The van der Waals surface area contributed by atoms with E-state index in [1.807, 2.05) is 0 Å². The minimum absolute atomic E-state index is 0.00253. The number of methoxy groups -OCH3 is 2. The Morgan fingerprint density at radius 2 is 1.02 bits per heavy atom. The summed E-state index contributed by atoms with van der Waals surface area (Å²) in [6.45, 7) is 15.4. The number of aliphatic carboxylic acids is 1. The third kappa shape index (κ3) is 12.8.